The molecule has 0 bridgehead atoms. The van der Waals surface area contributed by atoms with E-state index in [4.69, 9.17) is 9.84 Å². The van der Waals surface area contributed by atoms with E-state index in [1.807, 2.05) is 0 Å². The number of aliphatic hydroxyl groups is 1. The molecule has 5 nitrogen and oxygen atoms in total. The molecule has 6 heteroatoms. The van der Waals surface area contributed by atoms with Crippen LogP contribution in [0.2, 0.25) is 0 Å². The molecule has 0 saturated heterocycles. The third kappa shape index (κ3) is 3.59. The number of carbonyl (C=O) groups excluding carboxylic acids is 1. The Kier molecular flexibility index (Phi) is 4.91. The molecule has 0 aliphatic rings. The number of ether oxygens (including phenoxy) is 1. The highest BCUT2D eigenvalue weighted by Gasteiger charge is 2.15. The van der Waals surface area contributed by atoms with Gasteiger partial charge in [-0.05, 0) is 13.0 Å². The van der Waals surface area contributed by atoms with Gasteiger partial charge >= 0.3 is 6.03 Å². The zero-order valence-electron chi connectivity index (χ0n) is 10.6. The maximum atomic E-state index is 13.2. The summed E-state index contributed by atoms with van der Waals surface area (Å²) < 4.78 is 18.1. The van der Waals surface area contributed by atoms with Crippen LogP contribution in [0.4, 0.5) is 14.9 Å². The molecule has 100 valence electrons. The highest BCUT2D eigenvalue weighted by Crippen LogP contribution is 2.20. The Balaban J connectivity index is 2.78. The molecule has 0 radical (unpaired) electrons. The first-order valence-electron chi connectivity index (χ1n) is 5.47. The SMILES string of the molecule is COc1cc(F)cc(NC(=O)N(C)C(C)CO)c1. The van der Waals surface area contributed by atoms with Crippen LogP contribution in [0.3, 0.4) is 0 Å². The summed E-state index contributed by atoms with van der Waals surface area (Å²) in [6.07, 6.45) is 0. The number of urea groups is 1. The van der Waals surface area contributed by atoms with Crippen LogP contribution < -0.4 is 10.1 Å². The van der Waals surface area contributed by atoms with Crippen LogP contribution in [-0.4, -0.2) is 42.8 Å². The number of anilines is 1. The van der Waals surface area contributed by atoms with Gasteiger partial charge in [0.25, 0.3) is 0 Å². The van der Waals surface area contributed by atoms with Crippen LogP contribution in [0.5, 0.6) is 5.75 Å². The second-order valence-corrected chi connectivity index (χ2v) is 3.95. The number of nitrogens with zero attached hydrogens (tertiary/aromatic N) is 1. The van der Waals surface area contributed by atoms with E-state index >= 15 is 0 Å². The summed E-state index contributed by atoms with van der Waals surface area (Å²) in [5, 5.41) is 11.5. The number of benzene rings is 1. The maximum absolute atomic E-state index is 13.2. The lowest BCUT2D eigenvalue weighted by Gasteiger charge is -2.23. The van der Waals surface area contributed by atoms with Gasteiger partial charge in [0.15, 0.2) is 0 Å². The molecule has 2 N–H and O–H groups in total. The number of likely N-dealkylation sites (N-methyl/N-ethyl adjacent to an activating group) is 1. The van der Waals surface area contributed by atoms with E-state index in [-0.39, 0.29) is 12.6 Å². The first-order chi connectivity index (χ1) is 8.47. The Bertz CT molecular complexity index is 426. The molecule has 1 rings (SSSR count). The second-order valence-electron chi connectivity index (χ2n) is 3.95. The van der Waals surface area contributed by atoms with Crippen molar-refractivity contribution in [2.75, 3.05) is 26.1 Å². The molecule has 1 unspecified atom stereocenters. The average Bonchev–Trinajstić information content (AvgIpc) is 2.35. The minimum atomic E-state index is -0.498. The van der Waals surface area contributed by atoms with Crippen LogP contribution in [-0.2, 0) is 0 Å². The van der Waals surface area contributed by atoms with E-state index in [1.54, 1.807) is 14.0 Å². The molecule has 2 amide bonds. The zero-order chi connectivity index (χ0) is 13.7. The summed E-state index contributed by atoms with van der Waals surface area (Å²) in [5.41, 5.74) is 0.300. The third-order valence-electron chi connectivity index (χ3n) is 2.60. The average molecular weight is 256 g/mol. The number of carbonyl (C=O) groups is 1. The number of rotatable bonds is 4. The Labute approximate surface area is 105 Å². The predicted molar refractivity (Wildman–Crippen MR) is 66.3 cm³/mol. The van der Waals surface area contributed by atoms with E-state index in [2.05, 4.69) is 5.32 Å². The van der Waals surface area contributed by atoms with Gasteiger partial charge in [-0.15, -0.1) is 0 Å². The molecule has 0 aliphatic carbocycles. The van der Waals surface area contributed by atoms with Crippen LogP contribution in [0, 0.1) is 5.82 Å². The fraction of sp³-hybridized carbons (Fsp3) is 0.417. The molecule has 0 heterocycles. The Morgan fingerprint density at radius 3 is 2.78 bits per heavy atom. The lowest BCUT2D eigenvalue weighted by Crippen LogP contribution is -2.40. The van der Waals surface area contributed by atoms with Crippen molar-refractivity contribution in [3.8, 4) is 5.75 Å². The second kappa shape index (κ2) is 6.20. The largest absolute Gasteiger partial charge is 0.497 e. The summed E-state index contributed by atoms with van der Waals surface area (Å²) in [5.74, 6) is -0.175. The molecule has 0 fully saturated rings. The van der Waals surface area contributed by atoms with Gasteiger partial charge in [-0.1, -0.05) is 0 Å². The number of halogens is 1. The maximum Gasteiger partial charge on any atom is 0.321 e. The van der Waals surface area contributed by atoms with Crippen molar-refractivity contribution >= 4 is 11.7 Å². The van der Waals surface area contributed by atoms with E-state index in [0.29, 0.717) is 11.4 Å². The lowest BCUT2D eigenvalue weighted by molar-refractivity contribution is 0.166. The number of hydrogen-bond acceptors (Lipinski definition) is 3. The van der Waals surface area contributed by atoms with Crippen LogP contribution >= 0.6 is 0 Å². The van der Waals surface area contributed by atoms with Crippen LogP contribution in [0.15, 0.2) is 18.2 Å². The van der Waals surface area contributed by atoms with Crippen molar-refractivity contribution in [3.63, 3.8) is 0 Å². The normalized spacial score (nSPS) is 11.8. The minimum absolute atomic E-state index is 0.142. The molecule has 0 saturated carbocycles. The van der Waals surface area contributed by atoms with Gasteiger partial charge < -0.3 is 20.1 Å². The fourth-order valence-electron chi connectivity index (χ4n) is 1.29. The van der Waals surface area contributed by atoms with Crippen molar-refractivity contribution in [3.05, 3.63) is 24.0 Å². The van der Waals surface area contributed by atoms with Gasteiger partial charge in [-0.3, -0.25) is 0 Å². The van der Waals surface area contributed by atoms with Crippen molar-refractivity contribution in [1.29, 1.82) is 0 Å². The molecular weight excluding hydrogens is 239 g/mol. The molecule has 0 spiro atoms. The quantitative estimate of drug-likeness (QED) is 0.861. The zero-order valence-corrected chi connectivity index (χ0v) is 10.6. The number of amides is 2. The highest BCUT2D eigenvalue weighted by molar-refractivity contribution is 5.89. The van der Waals surface area contributed by atoms with Crippen LogP contribution in [0.1, 0.15) is 6.92 Å². The number of methoxy groups -OCH3 is 1. The van der Waals surface area contributed by atoms with E-state index in [9.17, 15) is 9.18 Å². The molecule has 1 aromatic rings. The Morgan fingerprint density at radius 1 is 1.56 bits per heavy atom. The van der Waals surface area contributed by atoms with Crippen molar-refractivity contribution in [2.45, 2.75) is 13.0 Å². The summed E-state index contributed by atoms with van der Waals surface area (Å²) in [6.45, 7) is 1.56. The van der Waals surface area contributed by atoms with E-state index in [1.165, 1.54) is 30.2 Å². The molecule has 1 atom stereocenters. The monoisotopic (exact) mass is 256 g/mol. The van der Waals surface area contributed by atoms with E-state index in [0.717, 1.165) is 0 Å². The first kappa shape index (κ1) is 14.2. The molecule has 1 aromatic carbocycles. The van der Waals surface area contributed by atoms with Gasteiger partial charge in [-0.2, -0.15) is 0 Å². The van der Waals surface area contributed by atoms with Gasteiger partial charge in [-0.25, -0.2) is 9.18 Å². The number of hydrogen-bond donors (Lipinski definition) is 2. The summed E-state index contributed by atoms with van der Waals surface area (Å²) in [4.78, 5) is 13.1. The summed E-state index contributed by atoms with van der Waals surface area (Å²) in [7, 11) is 2.97. The van der Waals surface area contributed by atoms with Gasteiger partial charge in [0.2, 0.25) is 0 Å². The standard InChI is InChI=1S/C12H17FN2O3/c1-8(7-16)15(2)12(17)14-10-4-9(13)5-11(6-10)18-3/h4-6,8,16H,7H2,1-3H3,(H,14,17). The van der Waals surface area contributed by atoms with Gasteiger partial charge in [0.1, 0.15) is 11.6 Å². The fourth-order valence-corrected chi connectivity index (χ4v) is 1.29. The minimum Gasteiger partial charge on any atom is -0.497 e. The van der Waals surface area contributed by atoms with Crippen molar-refractivity contribution < 1.29 is 19.0 Å². The van der Waals surface area contributed by atoms with Crippen molar-refractivity contribution in [2.24, 2.45) is 0 Å². The predicted octanol–water partition coefficient (Wildman–Crippen LogP) is 1.68. The Morgan fingerprint density at radius 2 is 2.22 bits per heavy atom. The molecule has 18 heavy (non-hydrogen) atoms. The summed E-state index contributed by atoms with van der Waals surface area (Å²) >= 11 is 0. The first-order valence-corrected chi connectivity index (χ1v) is 5.47. The van der Waals surface area contributed by atoms with E-state index < -0.39 is 11.8 Å². The summed E-state index contributed by atoms with van der Waals surface area (Å²) in [6, 6.07) is 3.18. The van der Waals surface area contributed by atoms with Crippen molar-refractivity contribution in [1.82, 2.24) is 4.90 Å². The highest BCUT2D eigenvalue weighted by atomic mass is 19.1. The molecular formula is C12H17FN2O3. The topological polar surface area (TPSA) is 61.8 Å². The Hall–Kier alpha value is -1.82. The smallest absolute Gasteiger partial charge is 0.321 e. The van der Waals surface area contributed by atoms with Gasteiger partial charge in [0, 0.05) is 24.9 Å². The van der Waals surface area contributed by atoms with Gasteiger partial charge in [0.05, 0.1) is 19.8 Å². The molecule has 0 aliphatic heterocycles. The molecule has 0 aromatic heterocycles. The third-order valence-corrected chi connectivity index (χ3v) is 2.60. The number of aliphatic hydroxyl groups excluding tert-OH is 1. The van der Waals surface area contributed by atoms with Crippen LogP contribution in [0.25, 0.3) is 0 Å². The lowest BCUT2D eigenvalue weighted by atomic mass is 10.3. The number of nitrogens with one attached hydrogen (secondary N) is 1.